The highest BCUT2D eigenvalue weighted by atomic mass is 16.5. The Bertz CT molecular complexity index is 1040. The molecule has 162 valence electrons. The predicted molar refractivity (Wildman–Crippen MR) is 121 cm³/mol. The number of β-amino-alcohol motifs (C(OH)–C–C–N with tert-alkyl or cyclic N) is 1. The first-order chi connectivity index (χ1) is 15.1. The van der Waals surface area contributed by atoms with Gasteiger partial charge in [-0.2, -0.15) is 0 Å². The SMILES string of the molecule is NC(=O)c1cccc(-c2c(OCC(O)CN3CCCOCC3)ccc3ccccc23)c1. The molecule has 1 atom stereocenters. The summed E-state index contributed by atoms with van der Waals surface area (Å²) in [5.41, 5.74) is 7.67. The summed E-state index contributed by atoms with van der Waals surface area (Å²) in [4.78, 5) is 13.9. The van der Waals surface area contributed by atoms with Crippen molar-refractivity contribution in [2.24, 2.45) is 5.73 Å². The first kappa shape index (κ1) is 21.3. The minimum absolute atomic E-state index is 0.179. The Hall–Kier alpha value is -2.93. The number of fused-ring (bicyclic) bond motifs is 1. The molecule has 31 heavy (non-hydrogen) atoms. The van der Waals surface area contributed by atoms with Crippen LogP contribution in [0.4, 0.5) is 0 Å². The molecule has 3 aromatic rings. The van der Waals surface area contributed by atoms with E-state index in [-0.39, 0.29) is 6.61 Å². The number of carbonyl (C=O) groups is 1. The Morgan fingerprint density at radius 1 is 1.10 bits per heavy atom. The zero-order chi connectivity index (χ0) is 21.6. The minimum Gasteiger partial charge on any atom is -0.490 e. The quantitative estimate of drug-likeness (QED) is 0.614. The predicted octanol–water partition coefficient (Wildman–Crippen LogP) is 3.07. The smallest absolute Gasteiger partial charge is 0.248 e. The third kappa shape index (κ3) is 5.22. The fraction of sp³-hybridized carbons (Fsp3) is 0.320. The summed E-state index contributed by atoms with van der Waals surface area (Å²) in [6.07, 6.45) is 0.355. The second-order valence-corrected chi connectivity index (χ2v) is 7.84. The summed E-state index contributed by atoms with van der Waals surface area (Å²) in [5.74, 6) is 0.194. The van der Waals surface area contributed by atoms with Gasteiger partial charge in [0.1, 0.15) is 18.5 Å². The Labute approximate surface area is 182 Å². The molecule has 1 amide bonds. The van der Waals surface area contributed by atoms with E-state index in [9.17, 15) is 9.90 Å². The highest BCUT2D eigenvalue weighted by molar-refractivity contribution is 6.01. The molecule has 3 aromatic carbocycles. The van der Waals surface area contributed by atoms with Crippen LogP contribution in [0.3, 0.4) is 0 Å². The molecule has 1 unspecified atom stereocenters. The number of aliphatic hydroxyl groups is 1. The van der Waals surface area contributed by atoms with E-state index in [0.29, 0.717) is 24.5 Å². The van der Waals surface area contributed by atoms with Gasteiger partial charge in [-0.25, -0.2) is 0 Å². The fourth-order valence-corrected chi connectivity index (χ4v) is 4.01. The number of aliphatic hydroxyl groups excluding tert-OH is 1. The molecule has 1 heterocycles. The van der Waals surface area contributed by atoms with Crippen LogP contribution in [-0.4, -0.2) is 61.5 Å². The number of carbonyl (C=O) groups excluding carboxylic acids is 1. The highest BCUT2D eigenvalue weighted by Crippen LogP contribution is 2.37. The van der Waals surface area contributed by atoms with E-state index in [1.54, 1.807) is 12.1 Å². The Balaban J connectivity index is 1.59. The molecule has 0 aliphatic carbocycles. The zero-order valence-electron chi connectivity index (χ0n) is 17.5. The van der Waals surface area contributed by atoms with Gasteiger partial charge in [-0.15, -0.1) is 0 Å². The summed E-state index contributed by atoms with van der Waals surface area (Å²) in [5, 5.41) is 12.7. The molecule has 0 radical (unpaired) electrons. The molecule has 0 bridgehead atoms. The van der Waals surface area contributed by atoms with Gasteiger partial charge in [-0.3, -0.25) is 9.69 Å². The Morgan fingerprint density at radius 2 is 1.97 bits per heavy atom. The summed E-state index contributed by atoms with van der Waals surface area (Å²) < 4.78 is 11.6. The van der Waals surface area contributed by atoms with E-state index in [2.05, 4.69) is 4.90 Å². The minimum atomic E-state index is -0.616. The molecule has 6 heteroatoms. The molecule has 0 spiro atoms. The second-order valence-electron chi connectivity index (χ2n) is 7.84. The fourth-order valence-electron chi connectivity index (χ4n) is 4.01. The molecule has 3 N–H and O–H groups in total. The average Bonchev–Trinajstić information content (AvgIpc) is 3.06. The lowest BCUT2D eigenvalue weighted by atomic mass is 9.96. The summed E-state index contributed by atoms with van der Waals surface area (Å²) in [7, 11) is 0. The lowest BCUT2D eigenvalue weighted by molar-refractivity contribution is 0.0661. The molecule has 0 saturated carbocycles. The summed E-state index contributed by atoms with van der Waals surface area (Å²) in [6, 6.07) is 19.2. The standard InChI is InChI=1S/C25H28N2O4/c26-25(29)20-7-3-6-19(15-20)24-22-8-2-1-5-18(22)9-10-23(24)31-17-21(28)16-27-11-4-13-30-14-12-27/h1-3,5-10,15,21,28H,4,11-14,16-17H2,(H2,26,29). The van der Waals surface area contributed by atoms with Crippen molar-refractivity contribution in [2.45, 2.75) is 12.5 Å². The van der Waals surface area contributed by atoms with Crippen LogP contribution in [-0.2, 0) is 4.74 Å². The van der Waals surface area contributed by atoms with E-state index in [0.717, 1.165) is 48.0 Å². The maximum Gasteiger partial charge on any atom is 0.248 e. The van der Waals surface area contributed by atoms with Gasteiger partial charge in [0.25, 0.3) is 0 Å². The number of ether oxygens (including phenoxy) is 2. The number of hydrogen-bond donors (Lipinski definition) is 2. The van der Waals surface area contributed by atoms with E-state index < -0.39 is 12.0 Å². The average molecular weight is 421 g/mol. The first-order valence-electron chi connectivity index (χ1n) is 10.6. The lowest BCUT2D eigenvalue weighted by Crippen LogP contribution is -2.37. The van der Waals surface area contributed by atoms with Crippen molar-refractivity contribution in [1.82, 2.24) is 4.90 Å². The van der Waals surface area contributed by atoms with Crippen molar-refractivity contribution in [3.63, 3.8) is 0 Å². The third-order valence-corrected chi connectivity index (χ3v) is 5.54. The third-order valence-electron chi connectivity index (χ3n) is 5.54. The number of primary amides is 1. The topological polar surface area (TPSA) is 85.0 Å². The molecule has 1 fully saturated rings. The maximum absolute atomic E-state index is 11.7. The van der Waals surface area contributed by atoms with E-state index >= 15 is 0 Å². The van der Waals surface area contributed by atoms with E-state index in [1.165, 1.54) is 0 Å². The molecule has 1 saturated heterocycles. The van der Waals surface area contributed by atoms with Gasteiger partial charge in [0.05, 0.1) is 6.61 Å². The number of nitrogens with two attached hydrogens (primary N) is 1. The van der Waals surface area contributed by atoms with Crippen LogP contribution in [0.2, 0.25) is 0 Å². The number of rotatable bonds is 7. The van der Waals surface area contributed by atoms with Gasteiger partial charge in [0.15, 0.2) is 0 Å². The number of hydrogen-bond acceptors (Lipinski definition) is 5. The van der Waals surface area contributed by atoms with Gasteiger partial charge in [-0.05, 0) is 41.0 Å². The van der Waals surface area contributed by atoms with Crippen LogP contribution in [0, 0.1) is 0 Å². The maximum atomic E-state index is 11.7. The molecular formula is C25H28N2O4. The van der Waals surface area contributed by atoms with Crippen LogP contribution >= 0.6 is 0 Å². The van der Waals surface area contributed by atoms with Gasteiger partial charge < -0.3 is 20.3 Å². The van der Waals surface area contributed by atoms with Gasteiger partial charge in [-0.1, -0.05) is 42.5 Å². The second kappa shape index (κ2) is 9.92. The van der Waals surface area contributed by atoms with E-state index in [1.807, 2.05) is 48.5 Å². The number of amides is 1. The van der Waals surface area contributed by atoms with Crippen molar-refractivity contribution >= 4 is 16.7 Å². The molecule has 1 aliphatic rings. The van der Waals surface area contributed by atoms with Crippen molar-refractivity contribution < 1.29 is 19.4 Å². The van der Waals surface area contributed by atoms with Gasteiger partial charge >= 0.3 is 0 Å². The zero-order valence-corrected chi connectivity index (χ0v) is 17.5. The van der Waals surface area contributed by atoms with Crippen molar-refractivity contribution in [3.8, 4) is 16.9 Å². The molecule has 6 nitrogen and oxygen atoms in total. The van der Waals surface area contributed by atoms with Crippen molar-refractivity contribution in [3.05, 3.63) is 66.2 Å². The van der Waals surface area contributed by atoms with Gasteiger partial charge in [0.2, 0.25) is 5.91 Å². The van der Waals surface area contributed by atoms with Crippen LogP contribution in [0.1, 0.15) is 16.8 Å². The van der Waals surface area contributed by atoms with Crippen LogP contribution in [0.25, 0.3) is 21.9 Å². The van der Waals surface area contributed by atoms with Gasteiger partial charge in [0, 0.05) is 37.4 Å². The van der Waals surface area contributed by atoms with Crippen LogP contribution < -0.4 is 10.5 Å². The van der Waals surface area contributed by atoms with Crippen molar-refractivity contribution in [2.75, 3.05) is 39.5 Å². The summed E-state index contributed by atoms with van der Waals surface area (Å²) in [6.45, 7) is 3.92. The lowest BCUT2D eigenvalue weighted by Gasteiger charge is -2.23. The Morgan fingerprint density at radius 3 is 2.84 bits per heavy atom. The number of benzene rings is 3. The first-order valence-corrected chi connectivity index (χ1v) is 10.6. The molecule has 4 rings (SSSR count). The molecule has 0 aromatic heterocycles. The van der Waals surface area contributed by atoms with E-state index in [4.69, 9.17) is 15.2 Å². The normalized spacial score (nSPS) is 16.0. The van der Waals surface area contributed by atoms with Crippen molar-refractivity contribution in [1.29, 1.82) is 0 Å². The molecule has 1 aliphatic heterocycles. The number of nitrogens with zero attached hydrogens (tertiary/aromatic N) is 1. The highest BCUT2D eigenvalue weighted by Gasteiger charge is 2.17. The van der Waals surface area contributed by atoms with Crippen LogP contribution in [0.5, 0.6) is 5.75 Å². The Kier molecular flexibility index (Phi) is 6.82. The monoisotopic (exact) mass is 420 g/mol. The largest absolute Gasteiger partial charge is 0.490 e. The molecular weight excluding hydrogens is 392 g/mol. The summed E-state index contributed by atoms with van der Waals surface area (Å²) >= 11 is 0. The van der Waals surface area contributed by atoms with Crippen LogP contribution in [0.15, 0.2) is 60.7 Å².